The molecule has 0 aliphatic rings. The van der Waals surface area contributed by atoms with E-state index in [2.05, 4.69) is 6.58 Å². The highest BCUT2D eigenvalue weighted by Crippen LogP contribution is 2.49. The fourth-order valence-corrected chi connectivity index (χ4v) is 7.90. The monoisotopic (exact) mass is 460 g/mol. The summed E-state index contributed by atoms with van der Waals surface area (Å²) in [7, 11) is -8.81. The average Bonchev–Trinajstić information content (AvgIpc) is 2.80. The quantitative estimate of drug-likeness (QED) is 0.462. The molecule has 0 radical (unpaired) electrons. The Morgan fingerprint density at radius 1 is 0.806 bits per heavy atom. The van der Waals surface area contributed by atoms with Crippen LogP contribution in [0.25, 0.3) is 0 Å². The molecule has 0 fully saturated rings. The molecule has 0 aromatic heterocycles. The third-order valence-corrected chi connectivity index (χ3v) is 10.00. The summed E-state index contributed by atoms with van der Waals surface area (Å²) in [6, 6.07) is 19.4. The number of hydrogen-bond acceptors (Lipinski definition) is 5. The Morgan fingerprint density at radius 2 is 1.23 bits per heavy atom. The minimum Gasteiger partial charge on any atom is -0.496 e. The second-order valence-electron chi connectivity index (χ2n) is 6.67. The zero-order valence-corrected chi connectivity index (χ0v) is 18.3. The number of ether oxygens (including phenoxy) is 1. The first-order valence-corrected chi connectivity index (χ1v) is 12.2. The minimum atomic E-state index is -5.07. The van der Waals surface area contributed by atoms with Crippen LogP contribution in [0.1, 0.15) is 11.5 Å². The molecule has 0 saturated carbocycles. The lowest BCUT2D eigenvalue weighted by molar-refractivity contribution is 0.324. The highest BCUT2D eigenvalue weighted by molar-refractivity contribution is 8.10. The largest absolute Gasteiger partial charge is 0.496 e. The average molecular weight is 461 g/mol. The van der Waals surface area contributed by atoms with Gasteiger partial charge in [-0.3, -0.25) is 0 Å². The summed E-state index contributed by atoms with van der Waals surface area (Å²) in [5.74, 6) is -1.64. The first-order valence-electron chi connectivity index (χ1n) is 9.25. The van der Waals surface area contributed by atoms with Crippen molar-refractivity contribution in [1.82, 2.24) is 0 Å². The number of alkyl halides is 1. The second kappa shape index (κ2) is 8.64. The molecule has 0 aliphatic carbocycles. The maximum atomic E-state index is 17.1. The number of halogens is 1. The lowest BCUT2D eigenvalue weighted by Crippen LogP contribution is -2.47. The molecule has 0 bridgehead atoms. The Morgan fingerprint density at radius 3 is 1.65 bits per heavy atom. The van der Waals surface area contributed by atoms with E-state index in [9.17, 15) is 16.8 Å². The third kappa shape index (κ3) is 3.66. The van der Waals surface area contributed by atoms with E-state index >= 15 is 4.39 Å². The summed E-state index contributed by atoms with van der Waals surface area (Å²) < 4.78 is 73.0. The zero-order chi connectivity index (χ0) is 22.7. The summed E-state index contributed by atoms with van der Waals surface area (Å²) in [4.78, 5) is -0.919. The Hall–Kier alpha value is -2.97. The highest BCUT2D eigenvalue weighted by atomic mass is 32.3. The number of hydrogen-bond donors (Lipinski definition) is 0. The third-order valence-electron chi connectivity index (χ3n) is 4.92. The summed E-state index contributed by atoms with van der Waals surface area (Å²) in [6.45, 7) is 3.57. The summed E-state index contributed by atoms with van der Waals surface area (Å²) >= 11 is 0. The molecular formula is C23H21FO5S2. The van der Waals surface area contributed by atoms with E-state index in [1.807, 2.05) is 0 Å². The molecule has 0 spiro atoms. The summed E-state index contributed by atoms with van der Waals surface area (Å²) in [5, 5.41) is 0. The van der Waals surface area contributed by atoms with Crippen LogP contribution in [0.4, 0.5) is 4.39 Å². The number of benzene rings is 3. The molecule has 0 N–H and O–H groups in total. The van der Waals surface area contributed by atoms with Crippen LogP contribution >= 0.6 is 0 Å². The van der Waals surface area contributed by atoms with Crippen molar-refractivity contribution in [2.24, 2.45) is 0 Å². The molecule has 0 unspecified atom stereocenters. The van der Waals surface area contributed by atoms with E-state index in [0.29, 0.717) is 0 Å². The van der Waals surface area contributed by atoms with Crippen molar-refractivity contribution in [3.05, 3.63) is 103 Å². The molecule has 0 amide bonds. The van der Waals surface area contributed by atoms with Crippen molar-refractivity contribution in [3.8, 4) is 5.75 Å². The first kappa shape index (κ1) is 22.7. The Kier molecular flexibility index (Phi) is 6.33. The minimum absolute atomic E-state index is 0.0431. The van der Waals surface area contributed by atoms with Crippen LogP contribution in [0.3, 0.4) is 0 Å². The predicted molar refractivity (Wildman–Crippen MR) is 117 cm³/mol. The van der Waals surface area contributed by atoms with Gasteiger partial charge < -0.3 is 4.74 Å². The highest BCUT2D eigenvalue weighted by Gasteiger charge is 2.62. The maximum Gasteiger partial charge on any atom is 0.327 e. The lowest BCUT2D eigenvalue weighted by atomic mass is 9.99. The molecule has 8 heteroatoms. The fraction of sp³-hybridized carbons (Fsp3) is 0.130. The number of allylic oxidation sites excluding steroid dienone is 1. The molecule has 0 heterocycles. The van der Waals surface area contributed by atoms with E-state index < -0.39 is 39.7 Å². The van der Waals surface area contributed by atoms with E-state index in [-0.39, 0.29) is 11.3 Å². The van der Waals surface area contributed by atoms with Crippen LogP contribution in [-0.4, -0.2) is 28.3 Å². The standard InChI is InChI=1S/C23H21FO5S2/c1-3-21(20-16-10-11-17-22(20)29-2)23(24,30(25,26)18-12-6-4-7-13-18)31(27,28)19-14-8-5-9-15-19/h3-17,21H,1H2,2H3/t21-/m0/s1. The molecule has 0 saturated heterocycles. The van der Waals surface area contributed by atoms with E-state index in [4.69, 9.17) is 4.74 Å². The second-order valence-corrected chi connectivity index (χ2v) is 11.1. The number of para-hydroxylation sites is 1. The SMILES string of the molecule is C=C[C@@H](c1ccccc1OC)C(F)(S(=O)(=O)c1ccccc1)S(=O)(=O)c1ccccc1. The van der Waals surface area contributed by atoms with Crippen LogP contribution in [0, 0.1) is 0 Å². The van der Waals surface area contributed by atoms with Gasteiger partial charge in [-0.25, -0.2) is 21.2 Å². The predicted octanol–water partition coefficient (Wildman–Crippen LogP) is 4.54. The lowest BCUT2D eigenvalue weighted by Gasteiger charge is -2.32. The van der Waals surface area contributed by atoms with Crippen molar-refractivity contribution < 1.29 is 26.0 Å². The first-order chi connectivity index (χ1) is 14.7. The topological polar surface area (TPSA) is 77.5 Å². The number of sulfone groups is 2. The van der Waals surface area contributed by atoms with Gasteiger partial charge in [0.1, 0.15) is 5.75 Å². The van der Waals surface area contributed by atoms with Gasteiger partial charge in [-0.05, 0) is 30.3 Å². The Bertz CT molecular complexity index is 1200. The number of rotatable bonds is 8. The molecule has 0 aliphatic heterocycles. The van der Waals surface area contributed by atoms with Crippen molar-refractivity contribution in [3.63, 3.8) is 0 Å². The molecule has 3 rings (SSSR count). The number of methoxy groups -OCH3 is 1. The van der Waals surface area contributed by atoms with Gasteiger partial charge in [0, 0.05) is 5.56 Å². The van der Waals surface area contributed by atoms with Crippen LogP contribution in [0.5, 0.6) is 5.75 Å². The Labute approximate surface area is 181 Å². The molecule has 162 valence electrons. The van der Waals surface area contributed by atoms with Crippen LogP contribution < -0.4 is 4.74 Å². The molecule has 3 aromatic carbocycles. The molecule has 5 nitrogen and oxygen atoms in total. The molecular weight excluding hydrogens is 439 g/mol. The normalized spacial score (nSPS) is 13.4. The van der Waals surface area contributed by atoms with Gasteiger partial charge in [-0.15, -0.1) is 6.58 Å². The summed E-state index contributed by atoms with van der Waals surface area (Å²) in [6.07, 6.45) is 0.985. The molecule has 3 aromatic rings. The van der Waals surface area contributed by atoms with Crippen LogP contribution in [0.2, 0.25) is 0 Å². The van der Waals surface area contributed by atoms with Gasteiger partial charge in [-0.2, -0.15) is 0 Å². The van der Waals surface area contributed by atoms with Crippen molar-refractivity contribution in [1.29, 1.82) is 0 Å². The van der Waals surface area contributed by atoms with Crippen molar-refractivity contribution in [2.75, 3.05) is 7.11 Å². The van der Waals surface area contributed by atoms with E-state index in [1.165, 1.54) is 43.5 Å². The van der Waals surface area contributed by atoms with Gasteiger partial charge in [0.2, 0.25) is 19.7 Å². The van der Waals surface area contributed by atoms with Crippen LogP contribution in [-0.2, 0) is 19.7 Å². The van der Waals surface area contributed by atoms with Crippen LogP contribution in [0.15, 0.2) is 107 Å². The van der Waals surface area contributed by atoms with Gasteiger partial charge in [0.25, 0.3) is 0 Å². The van der Waals surface area contributed by atoms with E-state index in [1.54, 1.807) is 24.3 Å². The molecule has 1 atom stereocenters. The van der Waals surface area contributed by atoms with Gasteiger partial charge in [0.05, 0.1) is 22.8 Å². The van der Waals surface area contributed by atoms with E-state index in [0.717, 1.165) is 30.3 Å². The fourth-order valence-electron chi connectivity index (χ4n) is 3.38. The summed E-state index contributed by atoms with van der Waals surface area (Å²) in [5.41, 5.74) is 0.0431. The molecule has 31 heavy (non-hydrogen) atoms. The smallest absolute Gasteiger partial charge is 0.327 e. The van der Waals surface area contributed by atoms with Gasteiger partial charge in [0.15, 0.2) is 0 Å². The maximum absolute atomic E-state index is 17.1. The van der Waals surface area contributed by atoms with Crippen molar-refractivity contribution >= 4 is 19.7 Å². The zero-order valence-electron chi connectivity index (χ0n) is 16.7. The van der Waals surface area contributed by atoms with Gasteiger partial charge in [-0.1, -0.05) is 60.7 Å². The van der Waals surface area contributed by atoms with Crippen molar-refractivity contribution in [2.45, 2.75) is 20.0 Å². The Balaban J connectivity index is 2.41. The van der Waals surface area contributed by atoms with Gasteiger partial charge >= 0.3 is 4.33 Å².